The molecule has 1 aliphatic carbocycles. The fourth-order valence-corrected chi connectivity index (χ4v) is 3.82. The normalized spacial score (nSPS) is 38.8. The highest BCUT2D eigenvalue weighted by atomic mass is 16.3. The van der Waals surface area contributed by atoms with Crippen LogP contribution in [0.2, 0.25) is 0 Å². The van der Waals surface area contributed by atoms with Crippen molar-refractivity contribution in [1.82, 2.24) is 4.90 Å². The van der Waals surface area contributed by atoms with Crippen molar-refractivity contribution in [3.05, 3.63) is 0 Å². The van der Waals surface area contributed by atoms with Crippen LogP contribution in [-0.2, 0) is 0 Å². The minimum absolute atomic E-state index is 0.0779. The Morgan fingerprint density at radius 1 is 0.944 bits per heavy atom. The van der Waals surface area contributed by atoms with Crippen molar-refractivity contribution in [2.75, 3.05) is 13.1 Å². The third-order valence-corrected chi connectivity index (χ3v) is 5.43. The lowest BCUT2D eigenvalue weighted by Gasteiger charge is -2.40. The van der Waals surface area contributed by atoms with Gasteiger partial charge < -0.3 is 5.11 Å². The summed E-state index contributed by atoms with van der Waals surface area (Å²) in [5.74, 6) is 3.22. The average Bonchev–Trinajstić information content (AvgIpc) is 2.78. The highest BCUT2D eigenvalue weighted by molar-refractivity contribution is 4.91. The van der Waals surface area contributed by atoms with Gasteiger partial charge in [0.1, 0.15) is 0 Å². The van der Waals surface area contributed by atoms with Crippen LogP contribution in [0.15, 0.2) is 0 Å². The molecule has 1 saturated heterocycles. The summed E-state index contributed by atoms with van der Waals surface area (Å²) in [5, 5.41) is 10.3. The summed E-state index contributed by atoms with van der Waals surface area (Å²) < 4.78 is 0. The van der Waals surface area contributed by atoms with Crippen molar-refractivity contribution in [2.24, 2.45) is 23.7 Å². The standard InChI is InChI=1S/C16H31NO/c1-11(2)13-5-6-16(18)15(9-13)17-8-7-14(10-17)12(3)4/h11-16,18H,5-10H2,1-4H3. The van der Waals surface area contributed by atoms with Gasteiger partial charge in [-0.05, 0) is 55.9 Å². The number of aliphatic hydroxyl groups excluding tert-OH is 1. The van der Waals surface area contributed by atoms with E-state index in [1.807, 2.05) is 0 Å². The van der Waals surface area contributed by atoms with Gasteiger partial charge in [0, 0.05) is 12.6 Å². The summed E-state index contributed by atoms with van der Waals surface area (Å²) >= 11 is 0. The molecule has 2 fully saturated rings. The first-order valence-electron chi connectivity index (χ1n) is 7.91. The van der Waals surface area contributed by atoms with Gasteiger partial charge >= 0.3 is 0 Å². The number of hydrogen-bond donors (Lipinski definition) is 1. The molecule has 1 N–H and O–H groups in total. The lowest BCUT2D eigenvalue weighted by molar-refractivity contribution is 0.00303. The fraction of sp³-hybridized carbons (Fsp3) is 1.00. The summed E-state index contributed by atoms with van der Waals surface area (Å²) in [6, 6.07) is 0.440. The molecular formula is C16H31NO. The SMILES string of the molecule is CC(C)C1CCC(O)C(N2CCC(C(C)C)C2)C1. The zero-order valence-corrected chi connectivity index (χ0v) is 12.6. The van der Waals surface area contributed by atoms with Crippen LogP contribution in [0.1, 0.15) is 53.4 Å². The number of nitrogens with zero attached hydrogens (tertiary/aromatic N) is 1. The van der Waals surface area contributed by atoms with E-state index in [0.29, 0.717) is 6.04 Å². The summed E-state index contributed by atoms with van der Waals surface area (Å²) in [6.45, 7) is 11.8. The van der Waals surface area contributed by atoms with Crippen LogP contribution >= 0.6 is 0 Å². The molecule has 2 rings (SSSR count). The van der Waals surface area contributed by atoms with E-state index in [1.54, 1.807) is 0 Å². The Kier molecular flexibility index (Phi) is 4.71. The van der Waals surface area contributed by atoms with E-state index in [2.05, 4.69) is 32.6 Å². The molecule has 0 radical (unpaired) electrons. The van der Waals surface area contributed by atoms with Gasteiger partial charge in [-0.15, -0.1) is 0 Å². The van der Waals surface area contributed by atoms with Gasteiger partial charge in [0.15, 0.2) is 0 Å². The largest absolute Gasteiger partial charge is 0.391 e. The molecule has 0 aromatic rings. The van der Waals surface area contributed by atoms with E-state index in [4.69, 9.17) is 0 Å². The minimum atomic E-state index is -0.0779. The molecule has 4 atom stereocenters. The van der Waals surface area contributed by atoms with Gasteiger partial charge in [0.05, 0.1) is 6.10 Å². The summed E-state index contributed by atoms with van der Waals surface area (Å²) in [6.07, 6.45) is 4.69. The predicted octanol–water partition coefficient (Wildman–Crippen LogP) is 3.15. The Balaban J connectivity index is 1.94. The van der Waals surface area contributed by atoms with Crippen LogP contribution in [0.3, 0.4) is 0 Å². The van der Waals surface area contributed by atoms with E-state index < -0.39 is 0 Å². The van der Waals surface area contributed by atoms with Gasteiger partial charge in [-0.1, -0.05) is 27.7 Å². The van der Waals surface area contributed by atoms with E-state index in [1.165, 1.54) is 32.4 Å². The van der Waals surface area contributed by atoms with E-state index in [-0.39, 0.29) is 6.10 Å². The molecule has 1 heterocycles. The number of rotatable bonds is 3. The van der Waals surface area contributed by atoms with Gasteiger partial charge in [0.2, 0.25) is 0 Å². The summed E-state index contributed by atoms with van der Waals surface area (Å²) in [7, 11) is 0. The molecular weight excluding hydrogens is 222 g/mol. The van der Waals surface area contributed by atoms with E-state index in [0.717, 1.165) is 30.1 Å². The maximum Gasteiger partial charge on any atom is 0.0695 e. The van der Waals surface area contributed by atoms with Gasteiger partial charge in [-0.3, -0.25) is 4.90 Å². The molecule has 0 amide bonds. The Bertz CT molecular complexity index is 264. The zero-order chi connectivity index (χ0) is 13.3. The molecule has 18 heavy (non-hydrogen) atoms. The second-order valence-electron chi connectivity index (χ2n) is 7.24. The highest BCUT2D eigenvalue weighted by Crippen LogP contribution is 2.35. The second kappa shape index (κ2) is 5.92. The van der Waals surface area contributed by atoms with Gasteiger partial charge in [0.25, 0.3) is 0 Å². The molecule has 1 saturated carbocycles. The van der Waals surface area contributed by atoms with Crippen LogP contribution in [0, 0.1) is 23.7 Å². The Morgan fingerprint density at radius 3 is 2.17 bits per heavy atom. The highest BCUT2D eigenvalue weighted by Gasteiger charge is 2.37. The monoisotopic (exact) mass is 253 g/mol. The molecule has 0 aromatic carbocycles. The Morgan fingerprint density at radius 2 is 1.61 bits per heavy atom. The summed E-state index contributed by atoms with van der Waals surface area (Å²) in [5.41, 5.74) is 0. The first kappa shape index (κ1) is 14.3. The van der Waals surface area contributed by atoms with Crippen molar-refractivity contribution in [3.63, 3.8) is 0 Å². The maximum absolute atomic E-state index is 10.3. The second-order valence-corrected chi connectivity index (χ2v) is 7.24. The van der Waals surface area contributed by atoms with Crippen molar-refractivity contribution < 1.29 is 5.11 Å². The van der Waals surface area contributed by atoms with Crippen LogP contribution in [0.25, 0.3) is 0 Å². The number of hydrogen-bond acceptors (Lipinski definition) is 2. The van der Waals surface area contributed by atoms with Gasteiger partial charge in [-0.2, -0.15) is 0 Å². The molecule has 2 heteroatoms. The van der Waals surface area contributed by atoms with Crippen molar-refractivity contribution >= 4 is 0 Å². The third kappa shape index (κ3) is 3.08. The van der Waals surface area contributed by atoms with Crippen LogP contribution < -0.4 is 0 Å². The van der Waals surface area contributed by atoms with E-state index >= 15 is 0 Å². The Labute approximate surface area is 113 Å². The molecule has 2 nitrogen and oxygen atoms in total. The first-order valence-corrected chi connectivity index (χ1v) is 7.91. The molecule has 2 aliphatic rings. The van der Waals surface area contributed by atoms with Gasteiger partial charge in [-0.25, -0.2) is 0 Å². The predicted molar refractivity (Wildman–Crippen MR) is 76.5 cm³/mol. The quantitative estimate of drug-likeness (QED) is 0.835. The van der Waals surface area contributed by atoms with Crippen LogP contribution in [0.4, 0.5) is 0 Å². The smallest absolute Gasteiger partial charge is 0.0695 e. The topological polar surface area (TPSA) is 23.5 Å². The molecule has 1 aliphatic heterocycles. The molecule has 0 spiro atoms. The first-order chi connectivity index (χ1) is 8.49. The number of likely N-dealkylation sites (tertiary alicyclic amines) is 1. The molecule has 0 aromatic heterocycles. The van der Waals surface area contributed by atoms with Crippen LogP contribution in [0.5, 0.6) is 0 Å². The lowest BCUT2D eigenvalue weighted by Crippen LogP contribution is -2.47. The van der Waals surface area contributed by atoms with Crippen molar-refractivity contribution in [3.8, 4) is 0 Å². The molecule has 0 bridgehead atoms. The van der Waals surface area contributed by atoms with E-state index in [9.17, 15) is 5.11 Å². The lowest BCUT2D eigenvalue weighted by atomic mass is 9.77. The average molecular weight is 253 g/mol. The fourth-order valence-electron chi connectivity index (χ4n) is 3.82. The van der Waals surface area contributed by atoms with Crippen molar-refractivity contribution in [1.29, 1.82) is 0 Å². The van der Waals surface area contributed by atoms with Crippen LogP contribution in [-0.4, -0.2) is 35.2 Å². The maximum atomic E-state index is 10.3. The minimum Gasteiger partial charge on any atom is -0.391 e. The third-order valence-electron chi connectivity index (χ3n) is 5.43. The summed E-state index contributed by atoms with van der Waals surface area (Å²) in [4.78, 5) is 2.59. The zero-order valence-electron chi connectivity index (χ0n) is 12.6. The number of aliphatic hydroxyl groups is 1. The van der Waals surface area contributed by atoms with Crippen molar-refractivity contribution in [2.45, 2.75) is 65.5 Å². The molecule has 106 valence electrons. The molecule has 4 unspecified atom stereocenters. The Hall–Kier alpha value is -0.0800.